The molecule has 14 heteroatoms. The minimum atomic E-state index is -4.83. The summed E-state index contributed by atoms with van der Waals surface area (Å²) in [6.07, 6.45) is -4.83. The summed E-state index contributed by atoms with van der Waals surface area (Å²) in [6.45, 7) is 0.289. The van der Waals surface area contributed by atoms with E-state index in [1.165, 1.54) is 39.3 Å². The van der Waals surface area contributed by atoms with Crippen molar-refractivity contribution in [3.8, 4) is 17.2 Å². The molecular weight excluding hydrogens is 657 g/mol. The Labute approximate surface area is 256 Å². The fourth-order valence-electron chi connectivity index (χ4n) is 4.72. The summed E-state index contributed by atoms with van der Waals surface area (Å²) in [5.41, 5.74) is 1.15. The topological polar surface area (TPSA) is 94.8 Å². The first-order valence-corrected chi connectivity index (χ1v) is 14.0. The van der Waals surface area contributed by atoms with Crippen LogP contribution in [-0.4, -0.2) is 45.9 Å². The van der Waals surface area contributed by atoms with E-state index in [9.17, 15) is 27.6 Å². The minimum absolute atomic E-state index is 0.0264. The molecule has 0 saturated carbocycles. The molecule has 1 N–H and O–H groups in total. The number of carbonyl (C=O) groups excluding carboxylic acids is 2. The molecule has 2 heterocycles. The van der Waals surface area contributed by atoms with Crippen LogP contribution in [0.2, 0.25) is 5.02 Å². The predicted molar refractivity (Wildman–Crippen MR) is 155 cm³/mol. The highest BCUT2D eigenvalue weighted by Gasteiger charge is 2.33. The van der Waals surface area contributed by atoms with Gasteiger partial charge in [0.2, 0.25) is 0 Å². The molecule has 0 aliphatic carbocycles. The molecule has 0 atom stereocenters. The second-order valence-electron chi connectivity index (χ2n) is 9.49. The summed E-state index contributed by atoms with van der Waals surface area (Å²) in [7, 11) is 1.50. The van der Waals surface area contributed by atoms with E-state index in [1.807, 2.05) is 0 Å². The van der Waals surface area contributed by atoms with Gasteiger partial charge in [0.1, 0.15) is 17.2 Å². The molecule has 43 heavy (non-hydrogen) atoms. The second-order valence-corrected chi connectivity index (χ2v) is 10.8. The Hall–Kier alpha value is -4.23. The number of fused-ring (bicyclic) bond motifs is 1. The van der Waals surface area contributed by atoms with Gasteiger partial charge >= 0.3 is 12.1 Å². The van der Waals surface area contributed by atoms with Gasteiger partial charge < -0.3 is 19.7 Å². The van der Waals surface area contributed by atoms with Crippen LogP contribution in [0, 0.1) is 0 Å². The number of rotatable bonds is 7. The number of nitrogens with zero attached hydrogens (tertiary/aromatic N) is 3. The zero-order chi connectivity index (χ0) is 30.9. The maximum atomic E-state index is 13.7. The van der Waals surface area contributed by atoms with Crippen molar-refractivity contribution in [1.29, 1.82) is 0 Å². The van der Waals surface area contributed by atoms with Crippen molar-refractivity contribution in [3.05, 3.63) is 109 Å². The number of imidazole rings is 1. The molecule has 0 bridgehead atoms. The van der Waals surface area contributed by atoms with Crippen molar-refractivity contribution >= 4 is 39.3 Å². The molecule has 1 aromatic heterocycles. The Bertz CT molecular complexity index is 1740. The molecule has 2 amide bonds. The van der Waals surface area contributed by atoms with Crippen molar-refractivity contribution < 1.29 is 32.2 Å². The van der Waals surface area contributed by atoms with Gasteiger partial charge in [-0.3, -0.25) is 18.7 Å². The number of hydrogen-bond donors (Lipinski definition) is 1. The van der Waals surface area contributed by atoms with Crippen molar-refractivity contribution in [2.24, 2.45) is 0 Å². The molecule has 0 spiro atoms. The Morgan fingerprint density at radius 1 is 1.00 bits per heavy atom. The molecule has 9 nitrogen and oxygen atoms in total. The van der Waals surface area contributed by atoms with Crippen molar-refractivity contribution in [2.45, 2.75) is 26.0 Å². The predicted octanol–water partition coefficient (Wildman–Crippen LogP) is 5.55. The van der Waals surface area contributed by atoms with Gasteiger partial charge in [-0.1, -0.05) is 23.7 Å². The number of carbonyl (C=O) groups is 2. The SMILES string of the molecule is COc1ccc(-n2c(C(=O)NCc3ccc(OC(F)(F)F)cc3)c3n(c2=O)CCN(C(=O)c2ccc(Br)c(Cl)c2)C3)cc1. The van der Waals surface area contributed by atoms with Gasteiger partial charge in [0.25, 0.3) is 11.8 Å². The molecule has 1 aliphatic heterocycles. The summed E-state index contributed by atoms with van der Waals surface area (Å²) in [5, 5.41) is 3.11. The highest BCUT2D eigenvalue weighted by atomic mass is 79.9. The number of hydrogen-bond acceptors (Lipinski definition) is 5. The standard InChI is InChI=1S/C29H23BrClF3N4O5/c1-42-20-9-5-19(6-10-20)38-25(26(39)35-15-17-2-7-21(8-3-17)43-29(32,33)34)24-16-36(12-13-37(24)28(38)41)27(40)18-4-11-22(30)23(31)14-18/h2-11,14H,12-13,15-16H2,1H3,(H,35,39). The number of alkyl halides is 3. The van der Waals surface area contributed by atoms with E-state index in [0.29, 0.717) is 37.8 Å². The van der Waals surface area contributed by atoms with E-state index in [1.54, 1.807) is 36.4 Å². The monoisotopic (exact) mass is 678 g/mol. The second kappa shape index (κ2) is 12.2. The van der Waals surface area contributed by atoms with Crippen LogP contribution in [0.25, 0.3) is 5.69 Å². The number of methoxy groups -OCH3 is 1. The summed E-state index contributed by atoms with van der Waals surface area (Å²) >= 11 is 9.50. The number of nitrogens with one attached hydrogen (secondary N) is 1. The first-order valence-electron chi connectivity index (χ1n) is 12.8. The molecule has 0 saturated heterocycles. The van der Waals surface area contributed by atoms with Gasteiger partial charge in [0.15, 0.2) is 0 Å². The Morgan fingerprint density at radius 3 is 2.30 bits per heavy atom. The fraction of sp³-hybridized carbons (Fsp3) is 0.207. The maximum absolute atomic E-state index is 13.7. The molecule has 5 rings (SSSR count). The lowest BCUT2D eigenvalue weighted by Crippen LogP contribution is -2.41. The summed E-state index contributed by atoms with van der Waals surface area (Å²) in [5.74, 6) is -0.778. The summed E-state index contributed by atoms with van der Waals surface area (Å²) in [4.78, 5) is 42.2. The molecule has 224 valence electrons. The normalized spacial score (nSPS) is 12.9. The van der Waals surface area contributed by atoms with E-state index in [4.69, 9.17) is 16.3 Å². The van der Waals surface area contributed by atoms with Gasteiger partial charge in [-0.2, -0.15) is 0 Å². The number of amides is 2. The zero-order valence-corrected chi connectivity index (χ0v) is 24.8. The van der Waals surface area contributed by atoms with Crippen LogP contribution in [0.3, 0.4) is 0 Å². The molecular formula is C29H23BrClF3N4O5. The number of halogens is 5. The lowest BCUT2D eigenvalue weighted by Gasteiger charge is -2.28. The van der Waals surface area contributed by atoms with Gasteiger partial charge in [-0.25, -0.2) is 4.79 Å². The van der Waals surface area contributed by atoms with Crippen LogP contribution >= 0.6 is 27.5 Å². The summed E-state index contributed by atoms with van der Waals surface area (Å²) < 4.78 is 50.0. The third-order valence-corrected chi connectivity index (χ3v) is 8.02. The van der Waals surface area contributed by atoms with E-state index in [2.05, 4.69) is 26.0 Å². The van der Waals surface area contributed by atoms with Gasteiger partial charge in [0, 0.05) is 29.7 Å². The third-order valence-electron chi connectivity index (χ3n) is 6.79. The molecule has 0 fully saturated rings. The van der Waals surface area contributed by atoms with E-state index < -0.39 is 23.7 Å². The zero-order valence-electron chi connectivity index (χ0n) is 22.5. The van der Waals surface area contributed by atoms with Crippen LogP contribution < -0.4 is 20.5 Å². The Balaban J connectivity index is 1.47. The van der Waals surface area contributed by atoms with Crippen LogP contribution in [0.4, 0.5) is 13.2 Å². The minimum Gasteiger partial charge on any atom is -0.497 e. The smallest absolute Gasteiger partial charge is 0.497 e. The van der Waals surface area contributed by atoms with Gasteiger partial charge in [0.05, 0.1) is 30.1 Å². The van der Waals surface area contributed by atoms with Crippen LogP contribution in [0.1, 0.15) is 32.1 Å². The van der Waals surface area contributed by atoms with Gasteiger partial charge in [-0.05, 0) is 76.1 Å². The molecule has 1 aliphatic rings. The molecule has 3 aromatic carbocycles. The molecule has 0 radical (unpaired) electrons. The van der Waals surface area contributed by atoms with Crippen LogP contribution in [0.15, 0.2) is 76.0 Å². The van der Waals surface area contributed by atoms with E-state index >= 15 is 0 Å². The van der Waals surface area contributed by atoms with Crippen molar-refractivity contribution in [1.82, 2.24) is 19.4 Å². The Kier molecular flexibility index (Phi) is 8.56. The van der Waals surface area contributed by atoms with Crippen LogP contribution in [0.5, 0.6) is 11.5 Å². The van der Waals surface area contributed by atoms with Gasteiger partial charge in [-0.15, -0.1) is 13.2 Å². The summed E-state index contributed by atoms with van der Waals surface area (Å²) in [6, 6.07) is 16.4. The molecule has 4 aromatic rings. The highest BCUT2D eigenvalue weighted by molar-refractivity contribution is 9.10. The lowest BCUT2D eigenvalue weighted by molar-refractivity contribution is -0.274. The largest absolute Gasteiger partial charge is 0.573 e. The maximum Gasteiger partial charge on any atom is 0.573 e. The quantitative estimate of drug-likeness (QED) is 0.277. The fourth-order valence-corrected chi connectivity index (χ4v) is 5.15. The number of ether oxygens (including phenoxy) is 2. The van der Waals surface area contributed by atoms with Crippen LogP contribution in [-0.2, 0) is 19.6 Å². The molecule has 0 unspecified atom stereocenters. The van der Waals surface area contributed by atoms with E-state index in [-0.39, 0.29) is 37.8 Å². The third kappa shape index (κ3) is 6.57. The van der Waals surface area contributed by atoms with E-state index in [0.717, 1.165) is 12.1 Å². The van der Waals surface area contributed by atoms with Crippen molar-refractivity contribution in [2.75, 3.05) is 13.7 Å². The average Bonchev–Trinajstić information content (AvgIpc) is 3.28. The first kappa shape index (κ1) is 30.2. The van der Waals surface area contributed by atoms with Crippen molar-refractivity contribution in [3.63, 3.8) is 0 Å². The Morgan fingerprint density at radius 2 is 1.67 bits per heavy atom. The number of benzene rings is 3. The lowest BCUT2D eigenvalue weighted by atomic mass is 10.1. The highest BCUT2D eigenvalue weighted by Crippen LogP contribution is 2.27. The number of aromatic nitrogens is 2. The average molecular weight is 680 g/mol. The first-order chi connectivity index (χ1) is 20.4.